The molecular weight excluding hydrogens is 415 g/mol. The summed E-state index contributed by atoms with van der Waals surface area (Å²) in [6.07, 6.45) is -5.70. The summed E-state index contributed by atoms with van der Waals surface area (Å²) in [6.45, 7) is 1.63. The number of ether oxygens (including phenoxy) is 1. The molecule has 8 heteroatoms. The lowest BCUT2D eigenvalue weighted by Crippen LogP contribution is -2.41. The van der Waals surface area contributed by atoms with Crippen molar-refractivity contribution in [2.24, 2.45) is 5.92 Å². The fourth-order valence-electron chi connectivity index (χ4n) is 3.94. The monoisotopic (exact) mass is 435 g/mol. The van der Waals surface area contributed by atoms with E-state index < -0.39 is 18.0 Å². The van der Waals surface area contributed by atoms with Crippen LogP contribution in [0.25, 0.3) is 10.9 Å². The average Bonchev–Trinajstić information content (AvgIpc) is 2.73. The van der Waals surface area contributed by atoms with E-state index in [4.69, 9.17) is 0 Å². The quantitative estimate of drug-likeness (QED) is 0.458. The minimum absolute atomic E-state index is 0.298. The number of nitrogens with zero attached hydrogens (tertiary/aromatic N) is 2. The van der Waals surface area contributed by atoms with E-state index in [1.807, 2.05) is 30.3 Å². The van der Waals surface area contributed by atoms with Gasteiger partial charge in [-0.05, 0) is 55.0 Å². The van der Waals surface area contributed by atoms with Crippen molar-refractivity contribution in [3.8, 4) is 5.75 Å². The Hall–Kier alpha value is -2.90. The standard InChI is InChI=1S/C23H20F5N2O/c24-22(25,26)23(27,28)31-18-5-3-4-17(15-18)14-16-9-12-30(13-10-16)21-8-11-29-20-7-2-1-6-19(20)21/h1-8,15-16H,9-10,12-14H2. The number of rotatable bonds is 5. The molecule has 4 rings (SSSR count). The second-order valence-corrected chi connectivity index (χ2v) is 7.69. The molecule has 3 nitrogen and oxygen atoms in total. The second-order valence-electron chi connectivity index (χ2n) is 7.69. The van der Waals surface area contributed by atoms with Crippen molar-refractivity contribution in [1.82, 2.24) is 4.98 Å². The molecule has 0 atom stereocenters. The minimum atomic E-state index is -5.76. The molecule has 0 N–H and O–H groups in total. The molecule has 0 aliphatic carbocycles. The van der Waals surface area contributed by atoms with Crippen molar-refractivity contribution in [2.75, 3.05) is 18.0 Å². The highest BCUT2D eigenvalue weighted by molar-refractivity contribution is 5.91. The molecule has 2 heterocycles. The summed E-state index contributed by atoms with van der Waals surface area (Å²) in [5, 5.41) is 1.06. The summed E-state index contributed by atoms with van der Waals surface area (Å²) in [5.74, 6) is -0.192. The number of hydrogen-bond acceptors (Lipinski definition) is 3. The maximum atomic E-state index is 13.2. The molecule has 0 spiro atoms. The van der Waals surface area contributed by atoms with Gasteiger partial charge in [0, 0.05) is 24.2 Å². The first kappa shape index (κ1) is 21.3. The number of para-hydroxylation sites is 1. The first-order chi connectivity index (χ1) is 14.7. The maximum Gasteiger partial charge on any atom is 0.499 e. The van der Waals surface area contributed by atoms with Crippen LogP contribution in [0.15, 0.2) is 54.6 Å². The molecule has 1 aliphatic rings. The van der Waals surface area contributed by atoms with Crippen LogP contribution in [0.2, 0.25) is 0 Å². The van der Waals surface area contributed by atoms with Crippen LogP contribution in [-0.4, -0.2) is 30.4 Å². The van der Waals surface area contributed by atoms with Crippen molar-refractivity contribution < 1.29 is 26.7 Å². The van der Waals surface area contributed by atoms with Gasteiger partial charge in [-0.1, -0.05) is 30.3 Å². The molecule has 1 radical (unpaired) electrons. The predicted molar refractivity (Wildman–Crippen MR) is 107 cm³/mol. The van der Waals surface area contributed by atoms with Gasteiger partial charge in [0.1, 0.15) is 5.75 Å². The normalized spacial score (nSPS) is 16.0. The van der Waals surface area contributed by atoms with Gasteiger partial charge in [-0.15, -0.1) is 0 Å². The van der Waals surface area contributed by atoms with Crippen LogP contribution in [0, 0.1) is 12.1 Å². The zero-order valence-corrected chi connectivity index (χ0v) is 16.5. The van der Waals surface area contributed by atoms with Crippen LogP contribution in [0.5, 0.6) is 5.75 Å². The highest BCUT2D eigenvalue weighted by atomic mass is 19.4. The topological polar surface area (TPSA) is 25.4 Å². The molecule has 0 saturated carbocycles. The number of fused-ring (bicyclic) bond motifs is 1. The molecule has 0 amide bonds. The third kappa shape index (κ3) is 4.73. The Labute approximate surface area is 176 Å². The molecule has 163 valence electrons. The number of pyridine rings is 1. The SMILES string of the molecule is FC(F)(F)C(F)(F)Oc1cccc(CC2CCN(c3c[c]nc4ccccc34)CC2)c1. The fourth-order valence-corrected chi connectivity index (χ4v) is 3.94. The lowest BCUT2D eigenvalue weighted by Gasteiger charge is -2.34. The lowest BCUT2D eigenvalue weighted by molar-refractivity contribution is -0.360. The first-order valence-electron chi connectivity index (χ1n) is 9.96. The summed E-state index contributed by atoms with van der Waals surface area (Å²) in [5.41, 5.74) is 2.64. The minimum Gasteiger partial charge on any atom is -0.426 e. The third-order valence-corrected chi connectivity index (χ3v) is 5.52. The first-order valence-corrected chi connectivity index (χ1v) is 9.96. The largest absolute Gasteiger partial charge is 0.499 e. The van der Waals surface area contributed by atoms with Crippen molar-refractivity contribution in [3.05, 3.63) is 66.4 Å². The molecule has 2 aromatic carbocycles. The van der Waals surface area contributed by atoms with Crippen LogP contribution in [0.4, 0.5) is 27.6 Å². The van der Waals surface area contributed by atoms with Crippen molar-refractivity contribution >= 4 is 16.6 Å². The van der Waals surface area contributed by atoms with Crippen LogP contribution >= 0.6 is 0 Å². The number of aromatic nitrogens is 1. The Bertz CT molecular complexity index is 1040. The van der Waals surface area contributed by atoms with Gasteiger partial charge < -0.3 is 9.64 Å². The fraction of sp³-hybridized carbons (Fsp3) is 0.348. The van der Waals surface area contributed by atoms with Gasteiger partial charge in [0.25, 0.3) is 0 Å². The van der Waals surface area contributed by atoms with Crippen LogP contribution in [0.1, 0.15) is 18.4 Å². The van der Waals surface area contributed by atoms with Gasteiger partial charge in [-0.25, -0.2) is 4.98 Å². The zero-order chi connectivity index (χ0) is 22.1. The number of halogens is 5. The van der Waals surface area contributed by atoms with Gasteiger partial charge >= 0.3 is 12.3 Å². The predicted octanol–water partition coefficient (Wildman–Crippen LogP) is 6.03. The highest BCUT2D eigenvalue weighted by Crippen LogP contribution is 2.38. The van der Waals surface area contributed by atoms with Crippen LogP contribution in [-0.2, 0) is 6.42 Å². The third-order valence-electron chi connectivity index (χ3n) is 5.52. The smallest absolute Gasteiger partial charge is 0.426 e. The lowest BCUT2D eigenvalue weighted by atomic mass is 9.90. The van der Waals surface area contributed by atoms with Gasteiger partial charge in [-0.2, -0.15) is 22.0 Å². The molecule has 1 fully saturated rings. The van der Waals surface area contributed by atoms with E-state index in [9.17, 15) is 22.0 Å². The summed E-state index contributed by atoms with van der Waals surface area (Å²) >= 11 is 0. The molecule has 31 heavy (non-hydrogen) atoms. The molecule has 1 saturated heterocycles. The Kier molecular flexibility index (Phi) is 5.73. The molecule has 1 aliphatic heterocycles. The van der Waals surface area contributed by atoms with Crippen molar-refractivity contribution in [3.63, 3.8) is 0 Å². The number of hydrogen-bond donors (Lipinski definition) is 0. The van der Waals surface area contributed by atoms with Crippen LogP contribution < -0.4 is 9.64 Å². The second kappa shape index (κ2) is 8.32. The number of benzene rings is 2. The molecule has 1 aromatic heterocycles. The van der Waals surface area contributed by atoms with Crippen molar-refractivity contribution in [2.45, 2.75) is 31.5 Å². The van der Waals surface area contributed by atoms with Gasteiger partial charge in [0.15, 0.2) is 0 Å². The van der Waals surface area contributed by atoms with Gasteiger partial charge in [0.05, 0.1) is 11.7 Å². The van der Waals surface area contributed by atoms with Crippen LogP contribution in [0.3, 0.4) is 0 Å². The summed E-state index contributed by atoms with van der Waals surface area (Å²) in [7, 11) is 0. The Morgan fingerprint density at radius 1 is 1.00 bits per heavy atom. The van der Waals surface area contributed by atoms with E-state index >= 15 is 0 Å². The van der Waals surface area contributed by atoms with E-state index in [1.54, 1.807) is 6.07 Å². The number of anilines is 1. The Morgan fingerprint density at radius 2 is 1.74 bits per heavy atom. The van der Waals surface area contributed by atoms with E-state index in [0.717, 1.165) is 48.6 Å². The molecule has 0 unspecified atom stereocenters. The van der Waals surface area contributed by atoms with Gasteiger partial charge in [-0.3, -0.25) is 0 Å². The Balaban J connectivity index is 1.39. The van der Waals surface area contributed by atoms with Crippen molar-refractivity contribution in [1.29, 1.82) is 0 Å². The van der Waals surface area contributed by atoms with E-state index in [-0.39, 0.29) is 0 Å². The summed E-state index contributed by atoms with van der Waals surface area (Å²) in [4.78, 5) is 6.55. The van der Waals surface area contributed by atoms with Gasteiger partial charge in [0.2, 0.25) is 0 Å². The number of alkyl halides is 5. The summed E-state index contributed by atoms with van der Waals surface area (Å²) < 4.78 is 67.4. The molecular formula is C23H20F5N2O. The maximum absolute atomic E-state index is 13.2. The Morgan fingerprint density at radius 3 is 2.48 bits per heavy atom. The van der Waals surface area contributed by atoms with E-state index in [0.29, 0.717) is 17.9 Å². The summed E-state index contributed by atoms with van der Waals surface area (Å²) in [6, 6.07) is 15.3. The number of piperidine rings is 1. The highest BCUT2D eigenvalue weighted by Gasteiger charge is 2.61. The van der Waals surface area contributed by atoms with E-state index in [2.05, 4.69) is 20.8 Å². The molecule has 3 aromatic rings. The zero-order valence-electron chi connectivity index (χ0n) is 16.5. The molecule has 0 bridgehead atoms. The average molecular weight is 435 g/mol. The van der Waals surface area contributed by atoms with E-state index in [1.165, 1.54) is 12.1 Å².